The summed E-state index contributed by atoms with van der Waals surface area (Å²) < 4.78 is 18.6. The molecule has 0 aliphatic carbocycles. The van der Waals surface area contributed by atoms with E-state index in [0.29, 0.717) is 0 Å². The zero-order valence-corrected chi connectivity index (χ0v) is 11.6. The molecule has 2 aromatic heterocycles. The van der Waals surface area contributed by atoms with E-state index in [1.807, 2.05) is 0 Å². The van der Waals surface area contributed by atoms with Crippen LogP contribution in [0.3, 0.4) is 0 Å². The zero-order valence-electron chi connectivity index (χ0n) is 11.6. The van der Waals surface area contributed by atoms with Gasteiger partial charge in [0.1, 0.15) is 5.56 Å². The quantitative estimate of drug-likeness (QED) is 0.183. The number of pyridine rings is 1. The van der Waals surface area contributed by atoms with Crippen molar-refractivity contribution in [1.82, 2.24) is 10.1 Å². The third kappa shape index (κ3) is 2.43. The minimum atomic E-state index is -1.16. The summed E-state index contributed by atoms with van der Waals surface area (Å²) >= 11 is 0. The topological polar surface area (TPSA) is 149 Å². The lowest BCUT2D eigenvalue weighted by Gasteiger charge is -2.01. The predicted molar refractivity (Wildman–Crippen MR) is 74.1 cm³/mol. The highest BCUT2D eigenvalue weighted by Crippen LogP contribution is 2.39. The van der Waals surface area contributed by atoms with Gasteiger partial charge in [-0.2, -0.15) is 4.98 Å². The van der Waals surface area contributed by atoms with Crippen molar-refractivity contribution in [2.45, 2.75) is 0 Å². The summed E-state index contributed by atoms with van der Waals surface area (Å²) in [5.41, 5.74) is -1.07. The molecule has 3 rings (SSSR count). The number of benzene rings is 1. The number of rotatable bonds is 3. The van der Waals surface area contributed by atoms with Gasteiger partial charge in [-0.05, 0) is 12.1 Å². The predicted octanol–water partition coefficient (Wildman–Crippen LogP) is 1.50. The molecule has 0 spiro atoms. The number of halogens is 1. The van der Waals surface area contributed by atoms with Gasteiger partial charge in [0.15, 0.2) is 11.9 Å². The molecule has 0 saturated carbocycles. The molecule has 0 saturated heterocycles. The van der Waals surface area contributed by atoms with Crippen LogP contribution in [0.15, 0.2) is 35.0 Å². The third-order valence-electron chi connectivity index (χ3n) is 3.08. The highest BCUT2D eigenvalue weighted by atomic mass is 19.1. The van der Waals surface area contributed by atoms with Crippen molar-refractivity contribution in [1.29, 1.82) is 0 Å². The summed E-state index contributed by atoms with van der Waals surface area (Å²) in [7, 11) is 0. The Morgan fingerprint density at radius 2 is 2.08 bits per heavy atom. The average molecular weight is 334 g/mol. The van der Waals surface area contributed by atoms with E-state index in [0.717, 1.165) is 18.3 Å². The standard InChI is InChI=1S/C13H7FN4O6/c14-11-7(2-1-3-17(11)21)13-15-12(16-24-13)6-4-8(18(22)23)10(20)9(19)5-6/h1-5,19-20H. The van der Waals surface area contributed by atoms with Gasteiger partial charge in [0.05, 0.1) is 4.92 Å². The summed E-state index contributed by atoms with van der Waals surface area (Å²) in [5.74, 6) is -3.36. The fourth-order valence-electron chi connectivity index (χ4n) is 1.95. The Hall–Kier alpha value is -3.76. The summed E-state index contributed by atoms with van der Waals surface area (Å²) in [5, 5.41) is 44.6. The number of phenols is 2. The average Bonchev–Trinajstić information content (AvgIpc) is 3.02. The van der Waals surface area contributed by atoms with Crippen LogP contribution in [0.4, 0.5) is 10.1 Å². The fourth-order valence-corrected chi connectivity index (χ4v) is 1.95. The highest BCUT2D eigenvalue weighted by Gasteiger charge is 2.24. The largest absolute Gasteiger partial charge is 0.617 e. The van der Waals surface area contributed by atoms with Crippen molar-refractivity contribution in [2.75, 3.05) is 0 Å². The van der Waals surface area contributed by atoms with Crippen LogP contribution in [0.25, 0.3) is 22.8 Å². The summed E-state index contributed by atoms with van der Waals surface area (Å²) in [6, 6.07) is 4.40. The van der Waals surface area contributed by atoms with E-state index in [2.05, 4.69) is 10.1 Å². The maximum absolute atomic E-state index is 13.7. The number of aromatic nitrogens is 3. The van der Waals surface area contributed by atoms with Crippen LogP contribution in [0.5, 0.6) is 11.5 Å². The van der Waals surface area contributed by atoms with Gasteiger partial charge >= 0.3 is 11.6 Å². The smallest absolute Gasteiger partial charge is 0.383 e. The first-order valence-corrected chi connectivity index (χ1v) is 6.31. The maximum atomic E-state index is 13.7. The Labute approximate surface area is 131 Å². The number of nitro groups is 1. The van der Waals surface area contributed by atoms with E-state index in [1.165, 1.54) is 12.1 Å². The number of aromatic hydroxyl groups is 2. The van der Waals surface area contributed by atoms with Crippen LogP contribution >= 0.6 is 0 Å². The Balaban J connectivity index is 2.09. The lowest BCUT2D eigenvalue weighted by atomic mass is 10.1. The van der Waals surface area contributed by atoms with E-state index >= 15 is 0 Å². The SMILES string of the molecule is O=[N+]([O-])c1cc(-c2noc(-c3ccc[n+]([O-])c3F)n2)cc(O)c1O. The van der Waals surface area contributed by atoms with Gasteiger partial charge in [0.25, 0.3) is 5.89 Å². The molecular formula is C13H7FN4O6. The molecule has 10 nitrogen and oxygen atoms in total. The van der Waals surface area contributed by atoms with Crippen molar-refractivity contribution in [2.24, 2.45) is 0 Å². The number of nitro benzene ring substituents is 1. The maximum Gasteiger partial charge on any atom is 0.383 e. The lowest BCUT2D eigenvalue weighted by Crippen LogP contribution is -2.30. The van der Waals surface area contributed by atoms with Gasteiger partial charge in [-0.25, -0.2) is 0 Å². The number of hydrogen-bond donors (Lipinski definition) is 2. The number of phenolic OH excluding ortho intramolecular Hbond substituents is 2. The second kappa shape index (κ2) is 5.46. The van der Waals surface area contributed by atoms with Gasteiger partial charge in [0, 0.05) is 17.7 Å². The van der Waals surface area contributed by atoms with E-state index in [-0.39, 0.29) is 27.6 Å². The van der Waals surface area contributed by atoms with E-state index in [9.17, 15) is 29.9 Å². The van der Waals surface area contributed by atoms with E-state index in [1.54, 1.807) is 0 Å². The van der Waals surface area contributed by atoms with Crippen LogP contribution in [-0.4, -0.2) is 25.3 Å². The highest BCUT2D eigenvalue weighted by molar-refractivity contribution is 5.69. The molecular weight excluding hydrogens is 327 g/mol. The Bertz CT molecular complexity index is 958. The zero-order chi connectivity index (χ0) is 17.4. The monoisotopic (exact) mass is 334 g/mol. The van der Waals surface area contributed by atoms with Gasteiger partial charge in [-0.3, -0.25) is 10.1 Å². The fraction of sp³-hybridized carbons (Fsp3) is 0. The van der Waals surface area contributed by atoms with Crippen molar-refractivity contribution in [3.05, 3.63) is 51.7 Å². The van der Waals surface area contributed by atoms with Crippen LogP contribution in [-0.2, 0) is 0 Å². The molecule has 24 heavy (non-hydrogen) atoms. The van der Waals surface area contributed by atoms with Crippen LogP contribution in [0, 0.1) is 21.3 Å². The van der Waals surface area contributed by atoms with E-state index in [4.69, 9.17) is 4.52 Å². The second-order valence-corrected chi connectivity index (χ2v) is 4.58. The molecule has 3 aromatic rings. The third-order valence-corrected chi connectivity index (χ3v) is 3.08. The van der Waals surface area contributed by atoms with Gasteiger partial charge in [-0.1, -0.05) is 5.16 Å². The molecule has 122 valence electrons. The van der Waals surface area contributed by atoms with Crippen molar-refractivity contribution < 1.29 is 28.8 Å². The molecule has 0 aliphatic heterocycles. The molecule has 0 amide bonds. The molecule has 0 unspecified atom stereocenters. The van der Waals surface area contributed by atoms with Gasteiger partial charge in [-0.15, -0.1) is 9.12 Å². The second-order valence-electron chi connectivity index (χ2n) is 4.58. The first kappa shape index (κ1) is 15.1. The Kier molecular flexibility index (Phi) is 3.45. The minimum absolute atomic E-state index is 0.0313. The number of hydrogen-bond acceptors (Lipinski definition) is 8. The summed E-state index contributed by atoms with van der Waals surface area (Å²) in [6.07, 6.45) is 0.942. The molecule has 0 atom stereocenters. The van der Waals surface area contributed by atoms with Crippen molar-refractivity contribution in [3.63, 3.8) is 0 Å². The van der Waals surface area contributed by atoms with Gasteiger partial charge < -0.3 is 19.9 Å². The van der Waals surface area contributed by atoms with Gasteiger partial charge in [0.2, 0.25) is 11.6 Å². The van der Waals surface area contributed by atoms with Crippen molar-refractivity contribution >= 4 is 5.69 Å². The number of nitrogens with zero attached hydrogens (tertiary/aromatic N) is 4. The molecule has 11 heteroatoms. The Morgan fingerprint density at radius 1 is 1.33 bits per heavy atom. The normalized spacial score (nSPS) is 10.7. The molecule has 2 heterocycles. The lowest BCUT2D eigenvalue weighted by molar-refractivity contribution is -0.636. The first-order valence-electron chi connectivity index (χ1n) is 6.31. The van der Waals surface area contributed by atoms with Crippen LogP contribution in [0.2, 0.25) is 0 Å². The molecule has 0 aliphatic rings. The van der Waals surface area contributed by atoms with E-state index < -0.39 is 28.1 Å². The van der Waals surface area contributed by atoms with Crippen LogP contribution < -0.4 is 4.73 Å². The molecule has 2 N–H and O–H groups in total. The summed E-state index contributed by atoms with van der Waals surface area (Å²) in [6.45, 7) is 0. The summed E-state index contributed by atoms with van der Waals surface area (Å²) in [4.78, 5) is 13.8. The molecule has 1 aromatic carbocycles. The van der Waals surface area contributed by atoms with Crippen LogP contribution in [0.1, 0.15) is 0 Å². The minimum Gasteiger partial charge on any atom is -0.617 e. The molecule has 0 fully saturated rings. The Morgan fingerprint density at radius 3 is 2.79 bits per heavy atom. The first-order chi connectivity index (χ1) is 11.4. The molecule has 0 radical (unpaired) electrons. The van der Waals surface area contributed by atoms with Crippen molar-refractivity contribution in [3.8, 4) is 34.3 Å². The molecule has 0 bridgehead atoms.